The van der Waals surface area contributed by atoms with Gasteiger partial charge in [0.2, 0.25) is 0 Å². The van der Waals surface area contributed by atoms with Crippen LogP contribution in [0.1, 0.15) is 88.4 Å². The number of ketones is 2. The zero-order valence-corrected chi connectivity index (χ0v) is 13.7. The van der Waals surface area contributed by atoms with Gasteiger partial charge in [0.25, 0.3) is 0 Å². The second-order valence-electron chi connectivity index (χ2n) is 6.02. The summed E-state index contributed by atoms with van der Waals surface area (Å²) in [5.74, 6) is -0.00690. The molecule has 132 valence electrons. The molecule has 2 rings (SSSR count). The molecule has 0 aliphatic heterocycles. The highest BCUT2D eigenvalue weighted by molar-refractivity contribution is 6.26. The minimum absolute atomic E-state index is 0. The van der Waals surface area contributed by atoms with Crippen molar-refractivity contribution in [3.63, 3.8) is 0 Å². The van der Waals surface area contributed by atoms with Crippen LogP contribution < -0.4 is 0 Å². The average Bonchev–Trinajstić information content (AvgIpc) is 2.53. The van der Waals surface area contributed by atoms with E-state index in [1.54, 1.807) is 25.1 Å². The Labute approximate surface area is 147 Å². The molecule has 1 aliphatic rings. The van der Waals surface area contributed by atoms with Crippen molar-refractivity contribution in [2.24, 2.45) is 0 Å². The molecule has 0 radical (unpaired) electrons. The zero-order chi connectivity index (χ0) is 16.1. The first-order chi connectivity index (χ1) is 10.6. The van der Waals surface area contributed by atoms with Crippen molar-refractivity contribution in [2.45, 2.75) is 67.7 Å². The Balaban J connectivity index is 0.00000264. The number of unbranched alkanes of at least 4 members (excludes halogenated alkanes) is 2. The van der Waals surface area contributed by atoms with E-state index in [9.17, 15) is 9.59 Å². The molecule has 24 heavy (non-hydrogen) atoms. The first-order valence-electron chi connectivity index (χ1n) is 8.10. The Morgan fingerprint density at radius 2 is 1.58 bits per heavy atom. The molecule has 1 aliphatic carbocycles. The molecule has 0 amide bonds. The molecular weight excluding hydrogens is 296 g/mol. The van der Waals surface area contributed by atoms with Gasteiger partial charge in [0.05, 0.1) is 0 Å². The Kier molecular flexibility index (Phi) is 9.20. The van der Waals surface area contributed by atoms with Crippen LogP contribution in [0, 0.1) is 0 Å². The Morgan fingerprint density at radius 1 is 1.00 bits per heavy atom. The summed E-state index contributed by atoms with van der Waals surface area (Å²) in [5, 5.41) is 0. The highest BCUT2D eigenvalue weighted by Gasteiger charge is 2.28. The van der Waals surface area contributed by atoms with Gasteiger partial charge in [0.1, 0.15) is 0 Å². The van der Waals surface area contributed by atoms with Gasteiger partial charge < -0.3 is 0 Å². The summed E-state index contributed by atoms with van der Waals surface area (Å²) < 4.78 is 0. The topological polar surface area (TPSA) is 34.1 Å². The number of Topliss-reactive ketones (excluding diaryl/α,β-unsaturated/α-hetero) is 2. The van der Waals surface area contributed by atoms with E-state index < -0.39 is 0 Å². The SMILES string of the molecule is C.C.CCCCC/C(C)=C\CC1=C(C)C(=O)c2ccccc2C1=O. The van der Waals surface area contributed by atoms with Crippen molar-refractivity contribution in [3.05, 3.63) is 58.2 Å². The van der Waals surface area contributed by atoms with Gasteiger partial charge in [0, 0.05) is 22.3 Å². The summed E-state index contributed by atoms with van der Waals surface area (Å²) >= 11 is 0. The largest absolute Gasteiger partial charge is 0.289 e. The summed E-state index contributed by atoms with van der Waals surface area (Å²) in [4.78, 5) is 25.0. The van der Waals surface area contributed by atoms with Gasteiger partial charge in [-0.3, -0.25) is 9.59 Å². The first kappa shape index (κ1) is 22.0. The van der Waals surface area contributed by atoms with Crippen LogP contribution in [-0.2, 0) is 0 Å². The molecule has 2 nitrogen and oxygen atoms in total. The second-order valence-corrected chi connectivity index (χ2v) is 6.02. The predicted molar refractivity (Wildman–Crippen MR) is 104 cm³/mol. The molecule has 0 bridgehead atoms. The van der Waals surface area contributed by atoms with Crippen LogP contribution in [-0.4, -0.2) is 11.6 Å². The molecule has 0 saturated carbocycles. The van der Waals surface area contributed by atoms with E-state index in [2.05, 4.69) is 19.9 Å². The van der Waals surface area contributed by atoms with E-state index >= 15 is 0 Å². The molecule has 0 spiro atoms. The Hall–Kier alpha value is -1.96. The number of fused-ring (bicyclic) bond motifs is 1. The van der Waals surface area contributed by atoms with Gasteiger partial charge in [-0.15, -0.1) is 0 Å². The monoisotopic (exact) mass is 328 g/mol. The van der Waals surface area contributed by atoms with Crippen molar-refractivity contribution in [1.82, 2.24) is 0 Å². The molecule has 2 heteroatoms. The van der Waals surface area contributed by atoms with Gasteiger partial charge in [-0.25, -0.2) is 0 Å². The lowest BCUT2D eigenvalue weighted by Crippen LogP contribution is -2.20. The van der Waals surface area contributed by atoms with Crippen molar-refractivity contribution < 1.29 is 9.59 Å². The number of carbonyl (C=O) groups excluding carboxylic acids is 2. The van der Waals surface area contributed by atoms with Crippen molar-refractivity contribution >= 4 is 11.6 Å². The lowest BCUT2D eigenvalue weighted by atomic mass is 9.83. The van der Waals surface area contributed by atoms with Crippen LogP contribution in [0.25, 0.3) is 0 Å². The zero-order valence-electron chi connectivity index (χ0n) is 13.7. The molecule has 0 heterocycles. The van der Waals surface area contributed by atoms with Crippen molar-refractivity contribution in [1.29, 1.82) is 0 Å². The van der Waals surface area contributed by atoms with E-state index in [1.807, 2.05) is 6.07 Å². The second kappa shape index (κ2) is 10.0. The quantitative estimate of drug-likeness (QED) is 0.437. The maximum atomic E-state index is 12.6. The van der Waals surface area contributed by atoms with E-state index in [-0.39, 0.29) is 26.4 Å². The fourth-order valence-corrected chi connectivity index (χ4v) is 2.83. The normalized spacial score (nSPS) is 14.0. The third kappa shape index (κ3) is 4.77. The molecule has 0 unspecified atom stereocenters. The lowest BCUT2D eigenvalue weighted by molar-refractivity contribution is 0.0973. The Bertz CT molecular complexity index is 648. The van der Waals surface area contributed by atoms with Crippen molar-refractivity contribution in [3.8, 4) is 0 Å². The number of hydrogen-bond acceptors (Lipinski definition) is 2. The summed E-state index contributed by atoms with van der Waals surface area (Å²) in [6, 6.07) is 7.11. The minimum atomic E-state index is -0.0118. The fourth-order valence-electron chi connectivity index (χ4n) is 2.83. The highest BCUT2D eigenvalue weighted by Crippen LogP contribution is 2.28. The third-order valence-electron chi connectivity index (χ3n) is 4.31. The fraction of sp³-hybridized carbons (Fsp3) is 0.455. The van der Waals surface area contributed by atoms with E-state index in [0.29, 0.717) is 28.7 Å². The molecule has 1 aromatic rings. The maximum Gasteiger partial charge on any atom is 0.190 e. The van der Waals surface area contributed by atoms with Crippen LogP contribution in [0.15, 0.2) is 47.1 Å². The van der Waals surface area contributed by atoms with E-state index in [0.717, 1.165) is 6.42 Å². The van der Waals surface area contributed by atoms with Crippen LogP contribution in [0.3, 0.4) is 0 Å². The third-order valence-corrected chi connectivity index (χ3v) is 4.31. The van der Waals surface area contributed by atoms with Gasteiger partial charge in [0.15, 0.2) is 11.6 Å². The summed E-state index contributed by atoms with van der Waals surface area (Å²) in [7, 11) is 0. The highest BCUT2D eigenvalue weighted by atomic mass is 16.1. The average molecular weight is 328 g/mol. The van der Waals surface area contributed by atoms with Crippen LogP contribution >= 0.6 is 0 Å². The molecule has 0 saturated heterocycles. The molecule has 0 N–H and O–H groups in total. The number of rotatable bonds is 6. The molecule has 0 atom stereocenters. The maximum absolute atomic E-state index is 12.6. The van der Waals surface area contributed by atoms with E-state index in [1.165, 1.54) is 24.8 Å². The number of hydrogen-bond donors (Lipinski definition) is 0. The molecule has 0 aromatic heterocycles. The summed E-state index contributed by atoms with van der Waals surface area (Å²) in [6.45, 7) is 6.07. The predicted octanol–water partition coefficient (Wildman–Crippen LogP) is 6.57. The van der Waals surface area contributed by atoms with Gasteiger partial charge in [-0.05, 0) is 33.1 Å². The van der Waals surface area contributed by atoms with Crippen LogP contribution in [0.4, 0.5) is 0 Å². The number of allylic oxidation sites excluding steroid dienone is 4. The Morgan fingerprint density at radius 3 is 2.17 bits per heavy atom. The first-order valence-corrected chi connectivity index (χ1v) is 8.10. The number of benzene rings is 1. The van der Waals surface area contributed by atoms with Gasteiger partial charge in [-0.2, -0.15) is 0 Å². The molecule has 1 aromatic carbocycles. The van der Waals surface area contributed by atoms with Crippen molar-refractivity contribution in [2.75, 3.05) is 0 Å². The smallest absolute Gasteiger partial charge is 0.190 e. The van der Waals surface area contributed by atoms with E-state index in [4.69, 9.17) is 0 Å². The minimum Gasteiger partial charge on any atom is -0.289 e. The lowest BCUT2D eigenvalue weighted by Gasteiger charge is -2.18. The molecule has 0 fully saturated rings. The summed E-state index contributed by atoms with van der Waals surface area (Å²) in [5.41, 5.74) is 3.63. The van der Waals surface area contributed by atoms with Crippen LogP contribution in [0.2, 0.25) is 0 Å². The van der Waals surface area contributed by atoms with Crippen LogP contribution in [0.5, 0.6) is 0 Å². The number of carbonyl (C=O) groups is 2. The molecular formula is C22H32O2. The van der Waals surface area contributed by atoms with Gasteiger partial charge >= 0.3 is 0 Å². The van der Waals surface area contributed by atoms with Gasteiger partial charge in [-0.1, -0.05) is 70.5 Å². The standard InChI is InChI=1S/C20H24O2.2CH4/c1-4-5-6-9-14(2)12-13-16-15(3)19(21)17-10-7-8-11-18(17)20(16)22;;/h7-8,10-12H,4-6,9,13H2,1-3H3;2*1H4/b14-12-;;. The summed E-state index contributed by atoms with van der Waals surface area (Å²) in [6.07, 6.45) is 7.36.